The molecular formula is C20H32O3. The van der Waals surface area contributed by atoms with Crippen molar-refractivity contribution >= 4 is 5.97 Å². The van der Waals surface area contributed by atoms with E-state index in [-0.39, 0.29) is 12.1 Å². The first-order chi connectivity index (χ1) is 10.8. The van der Waals surface area contributed by atoms with Crippen LogP contribution in [0.15, 0.2) is 11.1 Å². The fourth-order valence-electron chi connectivity index (χ4n) is 5.63. The second-order valence-corrected chi connectivity index (χ2v) is 8.66. The molecule has 0 radical (unpaired) electrons. The minimum absolute atomic E-state index is 0.151. The second-order valence-electron chi connectivity index (χ2n) is 8.66. The van der Waals surface area contributed by atoms with Crippen LogP contribution in [0.3, 0.4) is 0 Å². The summed E-state index contributed by atoms with van der Waals surface area (Å²) in [5, 5.41) is 0. The van der Waals surface area contributed by atoms with Crippen LogP contribution in [-0.4, -0.2) is 25.8 Å². The number of ether oxygens (including phenoxy) is 2. The Hall–Kier alpha value is -0.830. The highest BCUT2D eigenvalue weighted by Gasteiger charge is 2.61. The Kier molecular flexibility index (Phi) is 4.37. The van der Waals surface area contributed by atoms with Crippen molar-refractivity contribution in [2.24, 2.45) is 22.7 Å². The standard InChI is InChI=1S/C20H32O3/c1-13(16(18(21)22-5)12-15-7-6-10-23-15)17-11-14-8-9-20(17,4)19(14,2)3/h14-15,17H,6-12H2,1-5H3/t14-,15?,17?,20-/m1/s1. The lowest BCUT2D eigenvalue weighted by atomic mass is 9.64. The average molecular weight is 320 g/mol. The first kappa shape index (κ1) is 17.0. The summed E-state index contributed by atoms with van der Waals surface area (Å²) in [6, 6.07) is 0. The van der Waals surface area contributed by atoms with E-state index in [1.165, 1.54) is 31.9 Å². The normalized spacial score (nSPS) is 39.4. The zero-order valence-corrected chi connectivity index (χ0v) is 15.4. The third-order valence-electron chi connectivity index (χ3n) is 7.68. The van der Waals surface area contributed by atoms with E-state index in [1.54, 1.807) is 0 Å². The van der Waals surface area contributed by atoms with Gasteiger partial charge in [-0.15, -0.1) is 0 Å². The molecule has 0 aromatic heterocycles. The Morgan fingerprint density at radius 1 is 1.26 bits per heavy atom. The van der Waals surface area contributed by atoms with Crippen molar-refractivity contribution in [3.05, 3.63) is 11.1 Å². The first-order valence-electron chi connectivity index (χ1n) is 9.21. The van der Waals surface area contributed by atoms with E-state index < -0.39 is 0 Å². The van der Waals surface area contributed by atoms with Crippen molar-refractivity contribution in [2.75, 3.05) is 13.7 Å². The van der Waals surface area contributed by atoms with Gasteiger partial charge in [0.1, 0.15) is 0 Å². The third-order valence-corrected chi connectivity index (χ3v) is 7.68. The molecule has 2 saturated carbocycles. The summed E-state index contributed by atoms with van der Waals surface area (Å²) >= 11 is 0. The molecule has 2 unspecified atom stereocenters. The molecule has 0 spiro atoms. The highest BCUT2D eigenvalue weighted by atomic mass is 16.5. The number of rotatable bonds is 4. The van der Waals surface area contributed by atoms with E-state index in [2.05, 4.69) is 27.7 Å². The molecule has 2 aliphatic carbocycles. The van der Waals surface area contributed by atoms with Crippen LogP contribution in [-0.2, 0) is 14.3 Å². The van der Waals surface area contributed by atoms with Crippen molar-refractivity contribution in [2.45, 2.75) is 72.3 Å². The SMILES string of the molecule is COC(=O)C(CC1CCCO1)=C(C)C1C[C@H]2CC[C@@]1(C)C2(C)C. The lowest BCUT2D eigenvalue weighted by Crippen LogP contribution is -2.33. The number of fused-ring (bicyclic) bond motifs is 2. The van der Waals surface area contributed by atoms with E-state index >= 15 is 0 Å². The van der Waals surface area contributed by atoms with Crippen LogP contribution >= 0.6 is 0 Å². The van der Waals surface area contributed by atoms with Gasteiger partial charge >= 0.3 is 5.97 Å². The molecule has 3 nitrogen and oxygen atoms in total. The minimum Gasteiger partial charge on any atom is -0.466 e. The number of hydrogen-bond acceptors (Lipinski definition) is 3. The lowest BCUT2D eigenvalue weighted by Gasteiger charge is -2.40. The van der Waals surface area contributed by atoms with E-state index in [0.717, 1.165) is 37.4 Å². The van der Waals surface area contributed by atoms with Crippen LogP contribution in [0, 0.1) is 22.7 Å². The molecule has 0 aromatic carbocycles. The summed E-state index contributed by atoms with van der Waals surface area (Å²) in [6.07, 6.45) is 6.92. The summed E-state index contributed by atoms with van der Waals surface area (Å²) in [6.45, 7) is 10.3. The van der Waals surface area contributed by atoms with Crippen LogP contribution in [0.2, 0.25) is 0 Å². The Bertz CT molecular complexity index is 513. The number of carbonyl (C=O) groups excluding carboxylic acids is 1. The van der Waals surface area contributed by atoms with Crippen molar-refractivity contribution in [1.29, 1.82) is 0 Å². The number of carbonyl (C=O) groups is 1. The van der Waals surface area contributed by atoms with Gasteiger partial charge < -0.3 is 9.47 Å². The summed E-state index contributed by atoms with van der Waals surface area (Å²) in [7, 11) is 1.50. The Balaban J connectivity index is 1.91. The van der Waals surface area contributed by atoms with Gasteiger partial charge in [-0.3, -0.25) is 0 Å². The van der Waals surface area contributed by atoms with E-state index in [9.17, 15) is 4.79 Å². The predicted octanol–water partition coefficient (Wildman–Crippen LogP) is 4.51. The Morgan fingerprint density at radius 3 is 2.48 bits per heavy atom. The molecule has 3 fully saturated rings. The fraction of sp³-hybridized carbons (Fsp3) is 0.850. The van der Waals surface area contributed by atoms with E-state index in [4.69, 9.17) is 9.47 Å². The molecule has 2 bridgehead atoms. The van der Waals surface area contributed by atoms with Gasteiger partial charge in [-0.25, -0.2) is 4.79 Å². The molecule has 0 N–H and O–H groups in total. The molecule has 0 aromatic rings. The van der Waals surface area contributed by atoms with Gasteiger partial charge in [-0.1, -0.05) is 26.3 Å². The van der Waals surface area contributed by atoms with E-state index in [0.29, 0.717) is 16.7 Å². The molecule has 3 aliphatic rings. The monoisotopic (exact) mass is 320 g/mol. The number of hydrogen-bond donors (Lipinski definition) is 0. The maximum absolute atomic E-state index is 12.4. The first-order valence-corrected chi connectivity index (χ1v) is 9.21. The Labute approximate surface area is 140 Å². The summed E-state index contributed by atoms with van der Waals surface area (Å²) < 4.78 is 10.9. The van der Waals surface area contributed by atoms with Crippen molar-refractivity contribution in [1.82, 2.24) is 0 Å². The smallest absolute Gasteiger partial charge is 0.333 e. The molecule has 1 saturated heterocycles. The number of allylic oxidation sites excluding steroid dienone is 1. The van der Waals surface area contributed by atoms with Gasteiger partial charge in [-0.2, -0.15) is 0 Å². The highest BCUT2D eigenvalue weighted by Crippen LogP contribution is 2.69. The topological polar surface area (TPSA) is 35.5 Å². The van der Waals surface area contributed by atoms with Gasteiger partial charge in [0.15, 0.2) is 0 Å². The minimum atomic E-state index is -0.151. The molecule has 130 valence electrons. The average Bonchev–Trinajstić information content (AvgIpc) is 3.16. The largest absolute Gasteiger partial charge is 0.466 e. The maximum Gasteiger partial charge on any atom is 0.333 e. The quantitative estimate of drug-likeness (QED) is 0.565. The molecule has 1 heterocycles. The fourth-order valence-corrected chi connectivity index (χ4v) is 5.63. The zero-order chi connectivity index (χ0) is 16.8. The third kappa shape index (κ3) is 2.56. The number of methoxy groups -OCH3 is 1. The highest BCUT2D eigenvalue weighted by molar-refractivity contribution is 5.89. The molecule has 3 heteroatoms. The van der Waals surface area contributed by atoms with E-state index in [1.807, 2.05) is 0 Å². The van der Waals surface area contributed by atoms with Crippen LogP contribution in [0.25, 0.3) is 0 Å². The van der Waals surface area contributed by atoms with Crippen LogP contribution < -0.4 is 0 Å². The molecule has 0 amide bonds. The van der Waals surface area contributed by atoms with Crippen molar-refractivity contribution in [3.63, 3.8) is 0 Å². The molecular weight excluding hydrogens is 288 g/mol. The van der Waals surface area contributed by atoms with Crippen LogP contribution in [0.1, 0.15) is 66.2 Å². The second kappa shape index (κ2) is 5.91. The van der Waals surface area contributed by atoms with Gasteiger partial charge in [0, 0.05) is 18.6 Å². The maximum atomic E-state index is 12.4. The lowest BCUT2D eigenvalue weighted by molar-refractivity contribution is -0.136. The molecule has 3 rings (SSSR count). The number of esters is 1. The molecule has 1 aliphatic heterocycles. The summed E-state index contributed by atoms with van der Waals surface area (Å²) in [5.41, 5.74) is 2.82. The van der Waals surface area contributed by atoms with Gasteiger partial charge in [0.05, 0.1) is 13.2 Å². The predicted molar refractivity (Wildman–Crippen MR) is 91.0 cm³/mol. The van der Waals surface area contributed by atoms with Gasteiger partial charge in [0.25, 0.3) is 0 Å². The summed E-state index contributed by atoms with van der Waals surface area (Å²) in [5.74, 6) is 1.14. The Morgan fingerprint density at radius 2 is 2.00 bits per heavy atom. The van der Waals surface area contributed by atoms with Crippen molar-refractivity contribution < 1.29 is 14.3 Å². The molecule has 4 atom stereocenters. The van der Waals surface area contributed by atoms with Crippen LogP contribution in [0.5, 0.6) is 0 Å². The van der Waals surface area contributed by atoms with Gasteiger partial charge in [0.2, 0.25) is 0 Å². The van der Waals surface area contributed by atoms with Gasteiger partial charge in [-0.05, 0) is 61.7 Å². The zero-order valence-electron chi connectivity index (χ0n) is 15.4. The molecule has 23 heavy (non-hydrogen) atoms. The summed E-state index contributed by atoms with van der Waals surface area (Å²) in [4.78, 5) is 12.4. The van der Waals surface area contributed by atoms with Crippen molar-refractivity contribution in [3.8, 4) is 0 Å². The van der Waals surface area contributed by atoms with Crippen LogP contribution in [0.4, 0.5) is 0 Å².